The lowest BCUT2D eigenvalue weighted by molar-refractivity contribution is -0.121. The molecule has 0 fully saturated rings. The Kier molecular flexibility index (Phi) is 32.4. The number of benzene rings is 2. The van der Waals surface area contributed by atoms with Gasteiger partial charge in [0, 0.05) is 74.3 Å². The standard InChI is InChI=1S/C28H34F2N2O4.C23H26F2N2O5.C4H9N.CH3F.ClH/c1-6-9-12-36-27-25(24(33)13-18(4)7-2)32(16-19(5)8-3)17-22(26(27)34)28(35)31-15-20-10-11-21(29)14-23(20)30;1-4-6-9-31-21-20(29)18(13-27(12-15(3)5-2)23(21)32-14-28)22(30)26-11-16-7-8-17(24)10-19(16)25;1-3-4(2)5;1-2;/h7-8,10-11,14,17-19H,2-3,6,9,12-13,15-16H2,1,4-5H3,(H,31,35);5,7-8,10,13-15H,2,4,6,9,11-12H2,1,3H3,(H,26,30);3-4H,1,5H2,2H3;1H3;1H/t18-,19?;;4-;;/m0.0../s1/i;;;1D;. The maximum atomic E-state index is 14.0. The van der Waals surface area contributed by atoms with Gasteiger partial charge in [-0.1, -0.05) is 83.9 Å². The second-order valence-electron chi connectivity index (χ2n) is 17.2. The van der Waals surface area contributed by atoms with Crippen LogP contribution in [0, 0.1) is 41.0 Å². The number of aromatic nitrogens is 2. The molecule has 0 saturated carbocycles. The summed E-state index contributed by atoms with van der Waals surface area (Å²) in [7, 11) is -1.00. The third-order valence-electron chi connectivity index (χ3n) is 10.8. The van der Waals surface area contributed by atoms with Gasteiger partial charge in [0.15, 0.2) is 11.5 Å². The Bertz CT molecular complexity index is 2700. The van der Waals surface area contributed by atoms with E-state index >= 15 is 0 Å². The van der Waals surface area contributed by atoms with Crippen LogP contribution in [0.2, 0.25) is 0 Å². The molecule has 0 radical (unpaired) electrons. The van der Waals surface area contributed by atoms with Gasteiger partial charge in [-0.2, -0.15) is 0 Å². The minimum absolute atomic E-state index is 0. The van der Waals surface area contributed by atoms with Crippen molar-refractivity contribution < 1.29 is 56.7 Å². The molecule has 76 heavy (non-hydrogen) atoms. The summed E-state index contributed by atoms with van der Waals surface area (Å²) in [5, 5.41) is 4.96. The van der Waals surface area contributed by atoms with Crippen molar-refractivity contribution in [3.8, 4) is 17.4 Å². The van der Waals surface area contributed by atoms with Crippen molar-refractivity contribution in [2.45, 2.75) is 106 Å². The van der Waals surface area contributed by atoms with Crippen LogP contribution in [0.4, 0.5) is 22.0 Å². The molecule has 4 rings (SSSR count). The second-order valence-corrected chi connectivity index (χ2v) is 17.2. The SMILES string of the molecule is C=CC(C)Cn1cc(C(=O)NCc2ccc(F)cc2F)c(=O)c(OCCCC)c1C(=O)C[C@@H](C)C=C.C=CC(C)Cn1cc(C(=O)NCc2ccc(F)cc2F)c(=O)c(OCCCC)c1OC=O.C=C[C@H](C)N.Cl.[2H]CF. The molecular weight excluding hydrogens is 1020 g/mol. The van der Waals surface area contributed by atoms with Gasteiger partial charge in [-0.05, 0) is 49.7 Å². The molecule has 0 saturated heterocycles. The largest absolute Gasteiger partial charge is 0.487 e. The number of allylic oxidation sites excluding steroid dienone is 3. The minimum atomic E-state index is -1.00. The van der Waals surface area contributed by atoms with Crippen LogP contribution in [0.3, 0.4) is 0 Å². The predicted octanol–water partition coefficient (Wildman–Crippen LogP) is 10.6. The van der Waals surface area contributed by atoms with Gasteiger partial charge in [0.05, 0.1) is 21.7 Å². The molecule has 0 aliphatic carbocycles. The average Bonchev–Trinajstić information content (AvgIpc) is 3.38. The molecule has 0 spiro atoms. The quantitative estimate of drug-likeness (QED) is 0.0170. The average molecular weight is 1090 g/mol. The second kappa shape index (κ2) is 36.8. The molecule has 2 heterocycles. The number of carbonyl (C=O) groups is 4. The van der Waals surface area contributed by atoms with Crippen molar-refractivity contribution in [2.75, 3.05) is 20.4 Å². The molecule has 2 aromatic heterocycles. The van der Waals surface area contributed by atoms with Gasteiger partial charge in [-0.3, -0.25) is 33.2 Å². The zero-order valence-electron chi connectivity index (χ0n) is 45.1. The van der Waals surface area contributed by atoms with Crippen LogP contribution >= 0.6 is 12.4 Å². The number of nitrogens with two attached hydrogens (primary N) is 1. The number of nitrogens with one attached hydrogen (secondary N) is 2. The number of nitrogens with zero attached hydrogens (tertiary/aromatic N) is 2. The van der Waals surface area contributed by atoms with Crippen molar-refractivity contribution in [2.24, 2.45) is 23.5 Å². The number of amides is 2. The van der Waals surface area contributed by atoms with Crippen LogP contribution in [0.25, 0.3) is 0 Å². The third kappa shape index (κ3) is 22.4. The highest BCUT2D eigenvalue weighted by Gasteiger charge is 2.27. The zero-order valence-corrected chi connectivity index (χ0v) is 44.9. The van der Waals surface area contributed by atoms with E-state index in [1.165, 1.54) is 29.1 Å². The van der Waals surface area contributed by atoms with Crippen molar-refractivity contribution >= 4 is 36.5 Å². The lowest BCUT2D eigenvalue weighted by Crippen LogP contribution is -2.33. The molecule has 418 valence electrons. The maximum absolute atomic E-state index is 14.0. The van der Waals surface area contributed by atoms with Gasteiger partial charge >= 0.3 is 0 Å². The molecule has 14 nitrogen and oxygen atoms in total. The molecule has 4 atom stereocenters. The summed E-state index contributed by atoms with van der Waals surface area (Å²) in [5.41, 5.74) is 3.39. The van der Waals surface area contributed by atoms with E-state index in [0.717, 1.165) is 31.0 Å². The Morgan fingerprint density at radius 2 is 1.12 bits per heavy atom. The van der Waals surface area contributed by atoms with Gasteiger partial charge in [-0.15, -0.1) is 38.7 Å². The Balaban J connectivity index is 0.00000131. The van der Waals surface area contributed by atoms with Gasteiger partial charge in [0.1, 0.15) is 40.1 Å². The zero-order chi connectivity index (χ0) is 57.5. The number of rotatable bonds is 27. The Labute approximate surface area is 449 Å². The molecule has 2 aromatic carbocycles. The molecule has 0 bridgehead atoms. The van der Waals surface area contributed by atoms with Crippen molar-refractivity contribution in [1.29, 1.82) is 0 Å². The summed E-state index contributed by atoms with van der Waals surface area (Å²) in [6.45, 7) is 26.6. The first-order chi connectivity index (χ1) is 36.1. The molecule has 2 amide bonds. The highest BCUT2D eigenvalue weighted by Crippen LogP contribution is 2.26. The Morgan fingerprint density at radius 1 is 0.711 bits per heavy atom. The van der Waals surface area contributed by atoms with E-state index in [4.69, 9.17) is 21.3 Å². The number of ketones is 1. The first-order valence-corrected chi connectivity index (χ1v) is 24.1. The van der Waals surface area contributed by atoms with Gasteiger partial charge in [0.2, 0.25) is 22.5 Å². The van der Waals surface area contributed by atoms with E-state index in [2.05, 4.69) is 36.9 Å². The van der Waals surface area contributed by atoms with Crippen LogP contribution in [-0.2, 0) is 31.0 Å². The molecular formula is C56H73ClF5N5O9. The van der Waals surface area contributed by atoms with Crippen LogP contribution in [0.15, 0.2) is 109 Å². The molecule has 20 heteroatoms. The molecule has 2 unspecified atom stereocenters. The van der Waals surface area contributed by atoms with E-state index in [0.29, 0.717) is 18.9 Å². The number of halogens is 6. The van der Waals surface area contributed by atoms with E-state index in [-0.39, 0.29) is 140 Å². The number of ether oxygens (including phenoxy) is 3. The number of alkyl halides is 1. The van der Waals surface area contributed by atoms with Crippen molar-refractivity contribution in [1.82, 2.24) is 19.8 Å². The summed E-state index contributed by atoms with van der Waals surface area (Å²) >= 11 is 0. The van der Waals surface area contributed by atoms with Crippen LogP contribution < -0.4 is 41.4 Å². The molecule has 0 aliphatic heterocycles. The first-order valence-electron chi connectivity index (χ1n) is 24.8. The number of hydrogen-bond donors (Lipinski definition) is 3. The Hall–Kier alpha value is -7.12. The van der Waals surface area contributed by atoms with Crippen LogP contribution in [0.5, 0.6) is 17.4 Å². The highest BCUT2D eigenvalue weighted by atomic mass is 35.5. The number of Topliss-reactive ketones (excluding diaryl/α,β-unsaturated/α-hetero) is 1. The van der Waals surface area contributed by atoms with Crippen LogP contribution in [0.1, 0.15) is 117 Å². The minimum Gasteiger partial charge on any atom is -0.487 e. The monoisotopic (exact) mass is 1090 g/mol. The lowest BCUT2D eigenvalue weighted by atomic mass is 10.0. The van der Waals surface area contributed by atoms with Gasteiger partial charge in [-0.25, -0.2) is 17.6 Å². The summed E-state index contributed by atoms with van der Waals surface area (Å²) in [6.07, 6.45) is 12.3. The van der Waals surface area contributed by atoms with Gasteiger partial charge < -0.3 is 39.7 Å². The fraction of sp³-hybridized carbons (Fsp3) is 0.393. The summed E-state index contributed by atoms with van der Waals surface area (Å²) in [4.78, 5) is 76.5. The number of unbranched alkanes of at least 4 members (excludes halogenated alkanes) is 2. The fourth-order valence-corrected chi connectivity index (χ4v) is 6.33. The topological polar surface area (TPSA) is 190 Å². The lowest BCUT2D eigenvalue weighted by Gasteiger charge is -2.21. The number of pyridine rings is 2. The first kappa shape index (κ1) is 66.9. The number of carbonyl (C=O) groups excluding carboxylic acids is 4. The van der Waals surface area contributed by atoms with E-state index in [1.807, 2.05) is 41.5 Å². The summed E-state index contributed by atoms with van der Waals surface area (Å²) in [6, 6.07) is 6.14. The van der Waals surface area contributed by atoms with Crippen molar-refractivity contribution in [3.05, 3.63) is 171 Å². The predicted molar refractivity (Wildman–Crippen MR) is 289 cm³/mol. The third-order valence-corrected chi connectivity index (χ3v) is 10.8. The summed E-state index contributed by atoms with van der Waals surface area (Å²) < 4.78 is 89.0. The number of hydrogen-bond acceptors (Lipinski definition) is 10. The van der Waals surface area contributed by atoms with E-state index < -0.39 is 53.1 Å². The fourth-order valence-electron chi connectivity index (χ4n) is 6.33. The molecule has 0 aliphatic rings. The maximum Gasteiger partial charge on any atom is 0.299 e. The van der Waals surface area contributed by atoms with Crippen molar-refractivity contribution in [3.63, 3.8) is 0 Å². The van der Waals surface area contributed by atoms with E-state index in [1.54, 1.807) is 28.9 Å². The smallest absolute Gasteiger partial charge is 0.299 e. The highest BCUT2D eigenvalue weighted by molar-refractivity contribution is 6.00. The van der Waals surface area contributed by atoms with E-state index in [9.17, 15) is 50.7 Å². The molecule has 4 N–H and O–H groups in total. The van der Waals surface area contributed by atoms with Crippen LogP contribution in [-0.4, -0.2) is 59.6 Å². The summed E-state index contributed by atoms with van der Waals surface area (Å²) in [5.74, 6) is -5.80. The normalized spacial score (nSPS) is 11.9. The van der Waals surface area contributed by atoms with Gasteiger partial charge in [0.25, 0.3) is 18.3 Å². The molecule has 4 aromatic rings. The Morgan fingerprint density at radius 3 is 1.51 bits per heavy atom.